The molecule has 6 nitrogen and oxygen atoms in total. The van der Waals surface area contributed by atoms with Gasteiger partial charge in [-0.05, 0) is 24.6 Å². The summed E-state index contributed by atoms with van der Waals surface area (Å²) in [6.45, 7) is 1.08. The van der Waals surface area contributed by atoms with Crippen LogP contribution in [-0.2, 0) is 17.4 Å². The van der Waals surface area contributed by atoms with Gasteiger partial charge in [0.15, 0.2) is 5.13 Å². The van der Waals surface area contributed by atoms with E-state index in [2.05, 4.69) is 15.6 Å². The summed E-state index contributed by atoms with van der Waals surface area (Å²) in [7, 11) is 0. The number of rotatable bonds is 4. The molecule has 1 saturated heterocycles. The first-order valence-electron chi connectivity index (χ1n) is 7.90. The Hall–Kier alpha value is -2.69. The first-order valence-corrected chi connectivity index (χ1v) is 8.78. The number of nitrogens with zero attached hydrogens (tertiary/aromatic N) is 2. The van der Waals surface area contributed by atoms with Gasteiger partial charge in [0.05, 0.1) is 23.4 Å². The molecule has 0 unspecified atom stereocenters. The fourth-order valence-corrected chi connectivity index (χ4v) is 3.32. The second-order valence-corrected chi connectivity index (χ2v) is 6.61. The Morgan fingerprint density at radius 1 is 1.37 bits per heavy atom. The molecule has 1 aliphatic heterocycles. The van der Waals surface area contributed by atoms with E-state index in [1.54, 1.807) is 5.38 Å². The third kappa shape index (κ3) is 4.54. The smallest absolute Gasteiger partial charge is 0.338 e. The topological polar surface area (TPSA) is 74.3 Å². The van der Waals surface area contributed by atoms with Gasteiger partial charge in [0.25, 0.3) is 0 Å². The Balaban J connectivity index is 1.67. The van der Waals surface area contributed by atoms with Gasteiger partial charge in [0.2, 0.25) is 5.91 Å². The Bertz CT molecular complexity index is 868. The quantitative estimate of drug-likeness (QED) is 0.770. The van der Waals surface area contributed by atoms with Crippen molar-refractivity contribution in [3.05, 3.63) is 40.7 Å². The van der Waals surface area contributed by atoms with Crippen LogP contribution in [0.3, 0.4) is 0 Å². The fraction of sp³-hybridized carbons (Fsp3) is 0.312. The van der Waals surface area contributed by atoms with Crippen molar-refractivity contribution in [2.75, 3.05) is 23.3 Å². The van der Waals surface area contributed by atoms with Crippen molar-refractivity contribution in [2.24, 2.45) is 0 Å². The molecule has 27 heavy (non-hydrogen) atoms. The van der Waals surface area contributed by atoms with Crippen molar-refractivity contribution >= 4 is 34.1 Å². The fourth-order valence-electron chi connectivity index (χ4n) is 2.47. The molecule has 0 bridgehead atoms. The number of carbonyl (C=O) groups excluding carboxylic acids is 2. The van der Waals surface area contributed by atoms with E-state index < -0.39 is 29.2 Å². The van der Waals surface area contributed by atoms with E-state index in [4.69, 9.17) is 0 Å². The van der Waals surface area contributed by atoms with Crippen molar-refractivity contribution < 1.29 is 27.2 Å². The molecule has 11 heteroatoms. The normalized spacial score (nSPS) is 14.8. The summed E-state index contributed by atoms with van der Waals surface area (Å²) in [6, 6.07) is 1.51. The van der Waals surface area contributed by atoms with Crippen molar-refractivity contribution in [3.8, 4) is 0 Å². The van der Waals surface area contributed by atoms with Crippen molar-refractivity contribution in [1.82, 2.24) is 10.3 Å². The number of anilines is 2. The van der Waals surface area contributed by atoms with Gasteiger partial charge < -0.3 is 10.6 Å². The molecule has 1 aliphatic rings. The van der Waals surface area contributed by atoms with Gasteiger partial charge in [0.1, 0.15) is 5.82 Å². The van der Waals surface area contributed by atoms with Gasteiger partial charge in [-0.1, -0.05) is 0 Å². The zero-order valence-corrected chi connectivity index (χ0v) is 14.6. The van der Waals surface area contributed by atoms with Crippen LogP contribution in [0.4, 0.5) is 33.2 Å². The molecule has 1 fully saturated rings. The van der Waals surface area contributed by atoms with E-state index in [0.717, 1.165) is 6.42 Å². The van der Waals surface area contributed by atoms with Gasteiger partial charge in [-0.15, -0.1) is 11.3 Å². The molecule has 2 aromatic rings. The minimum absolute atomic E-state index is 0.262. The zero-order chi connectivity index (χ0) is 19.6. The van der Waals surface area contributed by atoms with Gasteiger partial charge >= 0.3 is 12.2 Å². The van der Waals surface area contributed by atoms with Crippen LogP contribution >= 0.6 is 11.3 Å². The monoisotopic (exact) mass is 402 g/mol. The predicted octanol–water partition coefficient (Wildman–Crippen LogP) is 3.40. The van der Waals surface area contributed by atoms with Crippen LogP contribution < -0.4 is 15.5 Å². The highest BCUT2D eigenvalue weighted by molar-refractivity contribution is 7.14. The second-order valence-electron chi connectivity index (χ2n) is 5.78. The van der Waals surface area contributed by atoms with Crippen LogP contribution in [0.1, 0.15) is 17.7 Å². The lowest BCUT2D eigenvalue weighted by Crippen LogP contribution is -2.46. The molecule has 1 aromatic heterocycles. The molecular weight excluding hydrogens is 388 g/mol. The van der Waals surface area contributed by atoms with E-state index >= 15 is 0 Å². The summed E-state index contributed by atoms with van der Waals surface area (Å²) in [5.74, 6) is -1.69. The number of thiazole rings is 1. The van der Waals surface area contributed by atoms with E-state index in [1.165, 1.54) is 16.2 Å². The lowest BCUT2D eigenvalue weighted by molar-refractivity contribution is -0.137. The number of halogens is 4. The Morgan fingerprint density at radius 3 is 2.85 bits per heavy atom. The number of hydrogen-bond acceptors (Lipinski definition) is 4. The van der Waals surface area contributed by atoms with E-state index in [1.807, 2.05) is 0 Å². The van der Waals surface area contributed by atoms with Gasteiger partial charge in [0, 0.05) is 18.5 Å². The lowest BCUT2D eigenvalue weighted by atomic mass is 10.2. The highest BCUT2D eigenvalue weighted by atomic mass is 32.1. The highest BCUT2D eigenvalue weighted by Gasteiger charge is 2.31. The van der Waals surface area contributed by atoms with Crippen molar-refractivity contribution in [2.45, 2.75) is 19.0 Å². The number of aromatic nitrogens is 1. The van der Waals surface area contributed by atoms with Gasteiger partial charge in [-0.3, -0.25) is 9.69 Å². The zero-order valence-electron chi connectivity index (χ0n) is 13.8. The minimum Gasteiger partial charge on any atom is -0.338 e. The summed E-state index contributed by atoms with van der Waals surface area (Å²) >= 11 is 1.17. The molecule has 0 atom stereocenters. The van der Waals surface area contributed by atoms with Crippen molar-refractivity contribution in [3.63, 3.8) is 0 Å². The van der Waals surface area contributed by atoms with Crippen LogP contribution in [0.5, 0.6) is 0 Å². The minimum atomic E-state index is -4.65. The standard InChI is InChI=1S/C16H14F4N4O2S/c17-11-3-2-9(16(18,19)20)6-12(11)23-13(25)7-10-8-27-15(22-10)24-5-1-4-21-14(24)26/h2-3,6,8H,1,4-5,7H2,(H,21,26)(H,23,25). The number of benzene rings is 1. The summed E-state index contributed by atoms with van der Waals surface area (Å²) in [4.78, 5) is 29.5. The highest BCUT2D eigenvalue weighted by Crippen LogP contribution is 2.32. The average Bonchev–Trinajstić information content (AvgIpc) is 3.04. The number of nitrogens with one attached hydrogen (secondary N) is 2. The van der Waals surface area contributed by atoms with E-state index in [9.17, 15) is 27.2 Å². The molecule has 0 saturated carbocycles. The number of carbonyl (C=O) groups is 2. The maximum atomic E-state index is 13.7. The summed E-state index contributed by atoms with van der Waals surface area (Å²) < 4.78 is 51.8. The summed E-state index contributed by atoms with van der Waals surface area (Å²) in [5, 5.41) is 6.79. The van der Waals surface area contributed by atoms with Crippen LogP contribution in [0.25, 0.3) is 0 Å². The summed E-state index contributed by atoms with van der Waals surface area (Å²) in [5.41, 5.74) is -1.29. The maximum Gasteiger partial charge on any atom is 0.416 e. The Kier molecular flexibility index (Phi) is 5.31. The molecule has 2 N–H and O–H groups in total. The molecule has 3 amide bonds. The lowest BCUT2D eigenvalue weighted by Gasteiger charge is -2.24. The van der Waals surface area contributed by atoms with Crippen LogP contribution in [0, 0.1) is 5.82 Å². The van der Waals surface area contributed by atoms with Crippen molar-refractivity contribution in [1.29, 1.82) is 0 Å². The van der Waals surface area contributed by atoms with Crippen LogP contribution in [-0.4, -0.2) is 30.0 Å². The third-order valence-electron chi connectivity index (χ3n) is 3.76. The van der Waals surface area contributed by atoms with E-state index in [0.29, 0.717) is 42.1 Å². The molecular formula is C16H14F4N4O2S. The Labute approximate surface area is 155 Å². The molecule has 0 radical (unpaired) electrons. The molecule has 0 aliphatic carbocycles. The Morgan fingerprint density at radius 2 is 2.15 bits per heavy atom. The molecule has 144 valence electrons. The number of hydrogen-bond donors (Lipinski definition) is 2. The average molecular weight is 402 g/mol. The molecule has 1 aromatic carbocycles. The van der Waals surface area contributed by atoms with Crippen LogP contribution in [0.2, 0.25) is 0 Å². The third-order valence-corrected chi connectivity index (χ3v) is 4.67. The number of amides is 3. The largest absolute Gasteiger partial charge is 0.416 e. The van der Waals surface area contributed by atoms with Gasteiger partial charge in [-0.2, -0.15) is 13.2 Å². The molecule has 3 rings (SSSR count). The van der Waals surface area contributed by atoms with E-state index in [-0.39, 0.29) is 12.5 Å². The van der Waals surface area contributed by atoms with Gasteiger partial charge in [-0.25, -0.2) is 14.2 Å². The maximum absolute atomic E-state index is 13.7. The number of urea groups is 1. The number of alkyl halides is 3. The van der Waals surface area contributed by atoms with Crippen LogP contribution in [0.15, 0.2) is 23.6 Å². The molecule has 2 heterocycles. The first-order chi connectivity index (χ1) is 12.7. The predicted molar refractivity (Wildman–Crippen MR) is 91.2 cm³/mol. The summed E-state index contributed by atoms with van der Waals surface area (Å²) in [6.07, 6.45) is -4.15. The second kappa shape index (κ2) is 7.51. The first kappa shape index (κ1) is 19.1. The SMILES string of the molecule is O=C(Cc1csc(N2CCCNC2=O)n1)Nc1cc(C(F)(F)F)ccc1F. The molecule has 0 spiro atoms.